The largest absolute Gasteiger partial charge is 0.424 e. The minimum atomic E-state index is -0.461. The molecule has 0 saturated heterocycles. The fourth-order valence-corrected chi connectivity index (χ4v) is 2.05. The van der Waals surface area contributed by atoms with Gasteiger partial charge in [-0.2, -0.15) is 0 Å². The van der Waals surface area contributed by atoms with E-state index >= 15 is 0 Å². The molecule has 0 aliphatic rings. The molecule has 2 aromatic carbocycles. The van der Waals surface area contributed by atoms with Crippen molar-refractivity contribution in [2.45, 2.75) is 20.3 Å². The highest BCUT2D eigenvalue weighted by atomic mass is 16.7. The third-order valence-corrected chi connectivity index (χ3v) is 3.02. The molecule has 2 rings (SSSR count). The Kier molecular flexibility index (Phi) is 5.74. The lowest BCUT2D eigenvalue weighted by Gasteiger charge is -2.24. The van der Waals surface area contributed by atoms with E-state index in [4.69, 9.17) is 9.57 Å². The maximum absolute atomic E-state index is 12.3. The summed E-state index contributed by atoms with van der Waals surface area (Å²) in [7, 11) is 0. The third kappa shape index (κ3) is 4.57. The van der Waals surface area contributed by atoms with Crippen LogP contribution in [-0.4, -0.2) is 18.5 Å². The molecule has 0 heterocycles. The van der Waals surface area contributed by atoms with Crippen molar-refractivity contribution < 1.29 is 19.2 Å². The average molecular weight is 313 g/mol. The summed E-state index contributed by atoms with van der Waals surface area (Å²) < 4.78 is 5.19. The van der Waals surface area contributed by atoms with Crippen LogP contribution in [0, 0.1) is 0 Å². The first-order valence-corrected chi connectivity index (χ1v) is 7.44. The van der Waals surface area contributed by atoms with Crippen molar-refractivity contribution in [1.82, 2.24) is 0 Å². The number of hydroxylamine groups is 1. The van der Waals surface area contributed by atoms with Crippen LogP contribution in [0.2, 0.25) is 0 Å². The molecule has 2 aromatic rings. The quantitative estimate of drug-likeness (QED) is 0.463. The van der Waals surface area contributed by atoms with Gasteiger partial charge in [0, 0.05) is 6.92 Å². The van der Waals surface area contributed by atoms with E-state index in [0.29, 0.717) is 23.5 Å². The molecule has 23 heavy (non-hydrogen) atoms. The summed E-state index contributed by atoms with van der Waals surface area (Å²) in [6.45, 7) is 3.78. The van der Waals surface area contributed by atoms with E-state index in [1.807, 2.05) is 13.0 Å². The van der Waals surface area contributed by atoms with E-state index in [-0.39, 0.29) is 0 Å². The number of esters is 1. The molecule has 0 aromatic heterocycles. The predicted molar refractivity (Wildman–Crippen MR) is 87.2 cm³/mol. The van der Waals surface area contributed by atoms with E-state index in [9.17, 15) is 9.59 Å². The molecule has 0 saturated carbocycles. The second-order valence-electron chi connectivity index (χ2n) is 4.91. The molecule has 0 fully saturated rings. The standard InChI is InChI=1S/C18H19NO4/c1-3-13-19(23-18(21)15-9-5-4-6-10-15)16-11-7-8-12-17(16)22-14(2)20/h4-12H,3,13H2,1-2H3. The van der Waals surface area contributed by atoms with Crippen molar-refractivity contribution in [1.29, 1.82) is 0 Å². The average Bonchev–Trinajstić information content (AvgIpc) is 2.55. The number of hydrogen-bond acceptors (Lipinski definition) is 5. The highest BCUT2D eigenvalue weighted by molar-refractivity contribution is 5.90. The number of ether oxygens (including phenoxy) is 1. The van der Waals surface area contributed by atoms with E-state index < -0.39 is 11.9 Å². The Labute approximate surface area is 135 Å². The zero-order valence-electron chi connectivity index (χ0n) is 13.2. The van der Waals surface area contributed by atoms with Gasteiger partial charge in [-0.05, 0) is 30.7 Å². The van der Waals surface area contributed by atoms with Gasteiger partial charge in [0.25, 0.3) is 0 Å². The Bertz CT molecular complexity index is 670. The number of carbonyl (C=O) groups is 2. The van der Waals surface area contributed by atoms with Gasteiger partial charge in [0.05, 0.1) is 12.1 Å². The second kappa shape index (κ2) is 7.98. The van der Waals surface area contributed by atoms with Crippen LogP contribution in [0.4, 0.5) is 5.69 Å². The SMILES string of the molecule is CCCN(OC(=O)c1ccccc1)c1ccccc1OC(C)=O. The van der Waals surface area contributed by atoms with E-state index in [0.717, 1.165) is 6.42 Å². The first-order valence-electron chi connectivity index (χ1n) is 7.44. The molecule has 0 N–H and O–H groups in total. The predicted octanol–water partition coefficient (Wildman–Crippen LogP) is 3.60. The number of benzene rings is 2. The van der Waals surface area contributed by atoms with Crippen LogP contribution in [0.15, 0.2) is 54.6 Å². The van der Waals surface area contributed by atoms with Crippen LogP contribution in [-0.2, 0) is 9.63 Å². The third-order valence-electron chi connectivity index (χ3n) is 3.02. The van der Waals surface area contributed by atoms with Crippen molar-refractivity contribution in [3.63, 3.8) is 0 Å². The summed E-state index contributed by atoms with van der Waals surface area (Å²) in [4.78, 5) is 29.0. The van der Waals surface area contributed by atoms with Gasteiger partial charge in [0.2, 0.25) is 0 Å². The maximum Gasteiger partial charge on any atom is 0.363 e. The van der Waals surface area contributed by atoms with Crippen molar-refractivity contribution in [2.75, 3.05) is 11.6 Å². The van der Waals surface area contributed by atoms with Crippen LogP contribution in [0.5, 0.6) is 5.75 Å². The van der Waals surface area contributed by atoms with Gasteiger partial charge in [0.15, 0.2) is 5.75 Å². The number of hydrogen-bond donors (Lipinski definition) is 0. The van der Waals surface area contributed by atoms with Crippen molar-refractivity contribution in [3.8, 4) is 5.75 Å². The summed E-state index contributed by atoms with van der Waals surface area (Å²) in [5.74, 6) is -0.533. The number of para-hydroxylation sites is 2. The summed E-state index contributed by atoms with van der Waals surface area (Å²) >= 11 is 0. The van der Waals surface area contributed by atoms with Gasteiger partial charge >= 0.3 is 11.9 Å². The Morgan fingerprint density at radius 3 is 2.30 bits per heavy atom. The molecule has 5 heteroatoms. The lowest BCUT2D eigenvalue weighted by molar-refractivity contribution is -0.131. The Morgan fingerprint density at radius 2 is 1.65 bits per heavy atom. The van der Waals surface area contributed by atoms with Gasteiger partial charge in [-0.3, -0.25) is 4.79 Å². The smallest absolute Gasteiger partial charge is 0.363 e. The fraction of sp³-hybridized carbons (Fsp3) is 0.222. The number of anilines is 1. The first-order chi connectivity index (χ1) is 11.1. The lowest BCUT2D eigenvalue weighted by atomic mass is 10.2. The first kappa shape index (κ1) is 16.5. The number of carbonyl (C=O) groups excluding carboxylic acids is 2. The number of nitrogens with zero attached hydrogens (tertiary/aromatic N) is 1. The van der Waals surface area contributed by atoms with Gasteiger partial charge in [-0.15, -0.1) is 0 Å². The highest BCUT2D eigenvalue weighted by Gasteiger charge is 2.18. The van der Waals surface area contributed by atoms with Crippen molar-refractivity contribution in [3.05, 3.63) is 60.2 Å². The summed E-state index contributed by atoms with van der Waals surface area (Å²) in [5.41, 5.74) is 0.993. The zero-order chi connectivity index (χ0) is 16.7. The van der Waals surface area contributed by atoms with E-state index in [2.05, 4.69) is 0 Å². The topological polar surface area (TPSA) is 55.8 Å². The highest BCUT2D eigenvalue weighted by Crippen LogP contribution is 2.29. The monoisotopic (exact) mass is 313 g/mol. The molecule has 0 bridgehead atoms. The zero-order valence-corrected chi connectivity index (χ0v) is 13.2. The van der Waals surface area contributed by atoms with Crippen LogP contribution >= 0.6 is 0 Å². The molecule has 0 radical (unpaired) electrons. The molecule has 0 unspecified atom stereocenters. The van der Waals surface area contributed by atoms with Crippen LogP contribution in [0.25, 0.3) is 0 Å². The molecule has 0 aliphatic carbocycles. The summed E-state index contributed by atoms with van der Waals surface area (Å²) in [6.07, 6.45) is 0.760. The van der Waals surface area contributed by atoms with Gasteiger partial charge in [-0.1, -0.05) is 37.3 Å². The molecular formula is C18H19NO4. The molecule has 0 atom stereocenters. The number of rotatable bonds is 6. The molecule has 120 valence electrons. The van der Waals surface area contributed by atoms with Crippen molar-refractivity contribution in [2.24, 2.45) is 0 Å². The van der Waals surface area contributed by atoms with Crippen LogP contribution in [0.3, 0.4) is 0 Å². The Morgan fingerprint density at radius 1 is 1.00 bits per heavy atom. The van der Waals surface area contributed by atoms with E-state index in [1.165, 1.54) is 12.0 Å². The second-order valence-corrected chi connectivity index (χ2v) is 4.91. The maximum atomic E-state index is 12.3. The molecule has 0 spiro atoms. The van der Waals surface area contributed by atoms with Crippen LogP contribution < -0.4 is 9.80 Å². The van der Waals surface area contributed by atoms with Crippen LogP contribution in [0.1, 0.15) is 30.6 Å². The minimum Gasteiger partial charge on any atom is -0.424 e. The molecule has 0 amide bonds. The van der Waals surface area contributed by atoms with E-state index in [1.54, 1.807) is 48.5 Å². The minimum absolute atomic E-state index is 0.356. The van der Waals surface area contributed by atoms with Gasteiger partial charge in [0.1, 0.15) is 5.69 Å². The molecular weight excluding hydrogens is 294 g/mol. The molecule has 5 nitrogen and oxygen atoms in total. The summed E-state index contributed by atoms with van der Waals surface area (Å²) in [5, 5.41) is 1.45. The Hall–Kier alpha value is -2.82. The van der Waals surface area contributed by atoms with Gasteiger partial charge in [-0.25, -0.2) is 9.86 Å². The normalized spacial score (nSPS) is 10.0. The Balaban J connectivity index is 2.25. The lowest BCUT2D eigenvalue weighted by Crippen LogP contribution is -2.28. The van der Waals surface area contributed by atoms with Gasteiger partial charge < -0.3 is 9.57 Å². The van der Waals surface area contributed by atoms with Crippen molar-refractivity contribution >= 4 is 17.6 Å². The molecule has 0 aliphatic heterocycles. The summed E-state index contributed by atoms with van der Waals surface area (Å²) in [6, 6.07) is 15.7. The fourth-order valence-electron chi connectivity index (χ4n) is 2.05.